The van der Waals surface area contributed by atoms with E-state index in [1.54, 1.807) is 0 Å². The van der Waals surface area contributed by atoms with E-state index >= 15 is 13.6 Å². The summed E-state index contributed by atoms with van der Waals surface area (Å²) in [4.78, 5) is 28.1. The number of likely N-dealkylation sites (tertiary alicyclic amines) is 1. The molecule has 1 fully saturated rings. The molecule has 1 aliphatic heterocycles. The van der Waals surface area contributed by atoms with Gasteiger partial charge in [0, 0.05) is 75.5 Å². The molecule has 1 aliphatic rings. The maximum absolute atomic E-state index is 15.9. The maximum Gasteiger partial charge on any atom is 0.416 e. The van der Waals surface area contributed by atoms with E-state index in [1.807, 2.05) is 0 Å². The van der Waals surface area contributed by atoms with Crippen LogP contribution in [-0.2, 0) is 34.5 Å². The molecule has 1 amide bonds. The number of halogens is 5. The first-order valence-corrected chi connectivity index (χ1v) is 15.1. The second-order valence-corrected chi connectivity index (χ2v) is 10.9. The molecule has 0 spiro atoms. The average molecular weight is 783 g/mol. The van der Waals surface area contributed by atoms with E-state index in [9.17, 15) is 27.6 Å². The standard InChI is InChI=1S/C41H40F5N3O3S/c1-27-22-30(14-15-34(27)41(44,45)46)29-12-10-28(11-13-29)24-48(32-16-18-47(19-17-32)20-21-52-2)38(51)25-49-36-9-4-3-7-33(36)37(50)23-39(49)53-26-31-6-5-8-35(42)40(31)43/h3-15,22-23,32H,16-21,24-26H2,1-2H3/i2D3,3D,4D,5D,6D,7D,8D,9D,10D,11D,12D,13D,14D,15D,16D2,17D2,18D2,19D2,21D2,22D,23D,24D2,26D2,32D. The first-order chi connectivity index (χ1) is 38.4. The smallest absolute Gasteiger partial charge is 0.383 e. The molecule has 12 heteroatoms. The maximum atomic E-state index is 15.9. The van der Waals surface area contributed by atoms with Gasteiger partial charge in [-0.3, -0.25) is 9.59 Å². The van der Waals surface area contributed by atoms with Crippen molar-refractivity contribution in [3.05, 3.63) is 135 Å². The SMILES string of the molecule is [2H]c1c([2H])c(F)c(F)c(C([2H])([2H])Sc2c([2H])c(=O)c3c([2H])c([2H])c([2H])c([2H])c3n2CC(=O)N(C([2H])([2H])c2c([2H])c([2H])c(-c3c([2H])c([2H])c(C(F)(F)F)c(C)c3[2H])c([2H])c2[2H])C2([2H])C([2H])([2H])C([2H])([2H])N(CC([2H])([2H])OC([2H])([2H])[2H])C([2H])([2H])C2([2H])[2H])c1[2H]. The van der Waals surface area contributed by atoms with Crippen LogP contribution in [0.5, 0.6) is 0 Å². The highest BCUT2D eigenvalue weighted by atomic mass is 32.2. The molecule has 0 radical (unpaired) electrons. The molecule has 1 saturated heterocycles. The molecular formula is C41H40F5N3O3S. The molecule has 6 nitrogen and oxygen atoms in total. The van der Waals surface area contributed by atoms with Crippen molar-refractivity contribution in [1.82, 2.24) is 14.4 Å². The molecule has 5 aromatic rings. The number of hydrogen-bond acceptors (Lipinski definition) is 5. The molecule has 53 heavy (non-hydrogen) atoms. The average Bonchev–Trinajstić information content (AvgIpc) is 0.665. The summed E-state index contributed by atoms with van der Waals surface area (Å²) >= 11 is -0.732. The quantitative estimate of drug-likeness (QED) is 0.0937. The summed E-state index contributed by atoms with van der Waals surface area (Å²) in [5.41, 5.74) is -16.6. The van der Waals surface area contributed by atoms with Crippen molar-refractivity contribution in [2.24, 2.45) is 0 Å². The molecule has 6 rings (SSSR count). The number of alkyl halides is 3. The fourth-order valence-electron chi connectivity index (χ4n) is 4.32. The Morgan fingerprint density at radius 1 is 1.04 bits per heavy atom. The van der Waals surface area contributed by atoms with Gasteiger partial charge in [0.1, 0.15) is 6.54 Å². The number of methoxy groups -OCH3 is 1. The van der Waals surface area contributed by atoms with Crippen molar-refractivity contribution < 1.29 is 76.7 Å². The highest BCUT2D eigenvalue weighted by Gasteiger charge is 2.32. The van der Waals surface area contributed by atoms with Crippen LogP contribution >= 0.6 is 11.8 Å². The molecule has 0 unspecified atom stereocenters. The van der Waals surface area contributed by atoms with Gasteiger partial charge in [0.05, 0.1) is 54.2 Å². The summed E-state index contributed by atoms with van der Waals surface area (Å²) in [7, 11) is -3.78. The van der Waals surface area contributed by atoms with E-state index in [0.717, 1.165) is 0 Å². The van der Waals surface area contributed by atoms with E-state index in [4.69, 9.17) is 35.6 Å². The van der Waals surface area contributed by atoms with Gasteiger partial charge in [0.25, 0.3) is 0 Å². The number of pyridine rings is 1. The summed E-state index contributed by atoms with van der Waals surface area (Å²) in [5.74, 6) is -7.29. The lowest BCUT2D eigenvalue weighted by molar-refractivity contribution is -0.138. The number of benzene rings is 4. The second kappa shape index (κ2) is 16.7. The first-order valence-electron chi connectivity index (χ1n) is 30.8. The van der Waals surface area contributed by atoms with Crippen molar-refractivity contribution in [3.8, 4) is 11.1 Å². The minimum atomic E-state index is -5.44. The van der Waals surface area contributed by atoms with Gasteiger partial charge in [-0.25, -0.2) is 8.78 Å². The summed E-state index contributed by atoms with van der Waals surface area (Å²) in [5, 5.41) is -2.91. The summed E-state index contributed by atoms with van der Waals surface area (Å²) in [6, 6.07) is -29.1. The van der Waals surface area contributed by atoms with Crippen molar-refractivity contribution in [2.45, 2.75) is 55.6 Å². The Hall–Kier alpha value is -4.52. The van der Waals surface area contributed by atoms with Gasteiger partial charge in [-0.2, -0.15) is 13.2 Å². The lowest BCUT2D eigenvalue weighted by Gasteiger charge is -2.39. The zero-order chi connectivity index (χ0) is 66.7. The zero-order valence-electron chi connectivity index (χ0n) is 59.3. The minimum Gasteiger partial charge on any atom is -0.383 e. The molecule has 0 saturated carbocycles. The highest BCUT2D eigenvalue weighted by molar-refractivity contribution is 7.98. The lowest BCUT2D eigenvalue weighted by atomic mass is 9.98. The van der Waals surface area contributed by atoms with Gasteiger partial charge in [-0.1, -0.05) is 60.4 Å². The molecular weight excluding hydrogens is 710 g/mol. The Morgan fingerprint density at radius 2 is 1.77 bits per heavy atom. The van der Waals surface area contributed by atoms with Crippen LogP contribution in [-0.4, -0.2) is 59.4 Å². The summed E-state index contributed by atoms with van der Waals surface area (Å²) in [6.45, 7) is -22.0. The normalized spacial score (nSPS) is 28.6. The van der Waals surface area contributed by atoms with Crippen LogP contribution in [0.1, 0.15) is 80.2 Å². The number of carbonyl (C=O) groups is 1. The predicted octanol–water partition coefficient (Wildman–Crippen LogP) is 8.71. The number of thioether (sulfide) groups is 1. The van der Waals surface area contributed by atoms with Crippen molar-refractivity contribution in [1.29, 1.82) is 0 Å². The molecule has 1 aromatic heterocycles. The fourth-order valence-corrected chi connectivity index (χ4v) is 5.07. The molecule has 0 aliphatic carbocycles. The number of amides is 1. The number of ether oxygens (including phenoxy) is 1. The zero-order valence-corrected chi connectivity index (χ0v) is 27.1. The number of piperidine rings is 1. The van der Waals surface area contributed by atoms with Gasteiger partial charge >= 0.3 is 6.18 Å². The van der Waals surface area contributed by atoms with Crippen LogP contribution in [0, 0.1) is 18.6 Å². The van der Waals surface area contributed by atoms with Crippen LogP contribution in [0.3, 0.4) is 0 Å². The molecule has 278 valence electrons. The molecule has 0 bridgehead atoms. The number of aromatic nitrogens is 1. The highest BCUT2D eigenvalue weighted by Crippen LogP contribution is 2.34. The summed E-state index contributed by atoms with van der Waals surface area (Å²) in [6.07, 6.45) is -15.4. The fraction of sp³-hybridized carbons (Fsp3) is 0.317. The molecule has 0 N–H and O–H groups in total. The number of fused-ring (bicyclic) bond motifs is 1. The Bertz CT molecular complexity index is 3670. The van der Waals surface area contributed by atoms with Gasteiger partial charge in [0.2, 0.25) is 5.91 Å². The van der Waals surface area contributed by atoms with Crippen molar-refractivity contribution >= 4 is 28.6 Å². The Labute approximate surface area is 355 Å². The number of hydrogen-bond donors (Lipinski definition) is 0. The van der Waals surface area contributed by atoms with Crippen LogP contribution in [0.4, 0.5) is 22.0 Å². The first kappa shape index (κ1) is 14.6. The van der Waals surface area contributed by atoms with E-state index in [0.29, 0.717) is 6.92 Å². The van der Waals surface area contributed by atoms with E-state index in [2.05, 4.69) is 4.74 Å². The predicted molar refractivity (Wildman–Crippen MR) is 198 cm³/mol. The van der Waals surface area contributed by atoms with Crippen LogP contribution in [0.2, 0.25) is 0 Å². The number of carbonyl (C=O) groups excluding carboxylic acids is 1. The molecule has 0 atom stereocenters. The third kappa shape index (κ3) is 9.00. The van der Waals surface area contributed by atoms with Gasteiger partial charge in [-0.05, 0) is 66.1 Å². The molecule has 4 aromatic carbocycles. The van der Waals surface area contributed by atoms with Gasteiger partial charge in [-0.15, -0.1) is 11.8 Å². The van der Waals surface area contributed by atoms with Crippen molar-refractivity contribution in [3.63, 3.8) is 0 Å². The summed E-state index contributed by atoms with van der Waals surface area (Å²) < 4.78 is 364. The Kier molecular flexibility index (Phi) is 4.59. The number of para-hydroxylation sites is 1. The number of nitrogens with zero attached hydrogens (tertiary/aromatic N) is 3. The third-order valence-corrected chi connectivity index (χ3v) is 7.54. The van der Waals surface area contributed by atoms with E-state index < -0.39 is 261 Å². The minimum absolute atomic E-state index is 0.0775. The van der Waals surface area contributed by atoms with Gasteiger partial charge < -0.3 is 19.1 Å². The Balaban J connectivity index is 1.82. The van der Waals surface area contributed by atoms with Crippen molar-refractivity contribution in [2.75, 3.05) is 33.1 Å². The van der Waals surface area contributed by atoms with E-state index in [1.165, 1.54) is 0 Å². The topological polar surface area (TPSA) is 54.8 Å². The Morgan fingerprint density at radius 3 is 2.51 bits per heavy atom. The van der Waals surface area contributed by atoms with Gasteiger partial charge in [0.15, 0.2) is 17.1 Å². The second-order valence-electron chi connectivity index (χ2n) is 10.1. The third-order valence-electron chi connectivity index (χ3n) is 6.71. The lowest BCUT2D eigenvalue weighted by Crippen LogP contribution is -2.48. The van der Waals surface area contributed by atoms with Crippen LogP contribution < -0.4 is 5.43 Å². The largest absolute Gasteiger partial charge is 0.416 e. The van der Waals surface area contributed by atoms with Crippen LogP contribution in [0.25, 0.3) is 22.0 Å². The monoisotopic (exact) mass is 782 g/mol. The van der Waals surface area contributed by atoms with E-state index in [-0.39, 0.29) is 4.57 Å². The molecule has 2 heterocycles. The number of rotatable bonds is 12. The van der Waals surface area contributed by atoms with Crippen LogP contribution in [0.15, 0.2) is 100 Å².